The van der Waals surface area contributed by atoms with Gasteiger partial charge in [0.05, 0.1) is 6.54 Å². The molecule has 232 valence electrons. The molecule has 0 radical (unpaired) electrons. The maximum atomic E-state index is 14.2. The number of halogens is 1. The standard InChI is InChI=1S/C30H37FN4O8/c1-29(2,3)43-27(40)32-21-12-8-6-4-5-7-10-17-15-30(17,26(38)39)34-24(36)22-14-18(16-35(22)25(21)37)41-28-33-20-13-9-11-19(31)23(20)42-28/h7,9-11,13,17-18,21-22H,4-6,8,12,14-16H2,1-3H3,(H,32,40)(H,34,36)(H,38,39)/t17-,18-,21+,22+,30-/m1/s1. The number of fused-ring (bicyclic) bond motifs is 3. The number of alkyl carbamates (subject to hydrolysis) is 1. The van der Waals surface area contributed by atoms with E-state index in [4.69, 9.17) is 13.9 Å². The number of oxazole rings is 1. The number of carbonyl (C=O) groups excluding carboxylic acids is 3. The molecule has 0 spiro atoms. The normalized spacial score (nSPS) is 28.2. The van der Waals surface area contributed by atoms with Crippen LogP contribution >= 0.6 is 0 Å². The predicted octanol–water partition coefficient (Wildman–Crippen LogP) is 3.69. The van der Waals surface area contributed by atoms with Gasteiger partial charge in [0.15, 0.2) is 11.4 Å². The number of carboxylic acids is 1. The van der Waals surface area contributed by atoms with Crippen molar-refractivity contribution in [3.05, 3.63) is 36.2 Å². The van der Waals surface area contributed by atoms with Crippen molar-refractivity contribution in [2.24, 2.45) is 5.92 Å². The minimum atomic E-state index is -1.46. The molecule has 2 fully saturated rings. The second-order valence-electron chi connectivity index (χ2n) is 12.4. The maximum absolute atomic E-state index is 14.2. The number of rotatable bonds is 4. The number of aromatic nitrogens is 1. The smallest absolute Gasteiger partial charge is 0.408 e. The highest BCUT2D eigenvalue weighted by atomic mass is 19.1. The maximum Gasteiger partial charge on any atom is 0.408 e. The van der Waals surface area contributed by atoms with Crippen LogP contribution in [-0.2, 0) is 19.1 Å². The lowest BCUT2D eigenvalue weighted by molar-refractivity contribution is -0.145. The molecule has 13 heteroatoms. The molecular weight excluding hydrogens is 563 g/mol. The van der Waals surface area contributed by atoms with Crippen LogP contribution in [0.2, 0.25) is 0 Å². The molecule has 0 bridgehead atoms. The number of ether oxygens (including phenoxy) is 2. The average Bonchev–Trinajstić information content (AvgIpc) is 3.24. The minimum Gasteiger partial charge on any atom is -0.479 e. The zero-order chi connectivity index (χ0) is 30.9. The van der Waals surface area contributed by atoms with E-state index in [1.165, 1.54) is 17.0 Å². The third kappa shape index (κ3) is 6.75. The molecule has 2 aliphatic heterocycles. The Bertz CT molecular complexity index is 1430. The molecule has 1 saturated heterocycles. The molecule has 43 heavy (non-hydrogen) atoms. The highest BCUT2D eigenvalue weighted by Gasteiger charge is 2.61. The zero-order valence-corrected chi connectivity index (χ0v) is 24.4. The first-order valence-corrected chi connectivity index (χ1v) is 14.6. The van der Waals surface area contributed by atoms with E-state index in [-0.39, 0.29) is 42.5 Å². The highest BCUT2D eigenvalue weighted by molar-refractivity contribution is 5.96. The SMILES string of the molecule is CC(C)(C)OC(=O)N[C@H]1CCCCCC=C[C@@H]2C[C@@]2(C(=O)O)NC(=O)[C@@H]2C[C@@H](Oc3nc4cccc(F)c4o3)CN2C1=O. The molecule has 3 amide bonds. The van der Waals surface area contributed by atoms with Crippen molar-refractivity contribution < 1.29 is 42.6 Å². The second-order valence-corrected chi connectivity index (χ2v) is 12.4. The number of amides is 3. The van der Waals surface area contributed by atoms with Crippen molar-refractivity contribution in [2.75, 3.05) is 6.54 Å². The van der Waals surface area contributed by atoms with Crippen LogP contribution < -0.4 is 15.4 Å². The summed E-state index contributed by atoms with van der Waals surface area (Å²) < 4.78 is 30.9. The van der Waals surface area contributed by atoms with Gasteiger partial charge in [-0.1, -0.05) is 31.1 Å². The van der Waals surface area contributed by atoms with Crippen molar-refractivity contribution in [1.29, 1.82) is 0 Å². The fourth-order valence-electron chi connectivity index (χ4n) is 5.68. The first kappa shape index (κ1) is 30.3. The first-order chi connectivity index (χ1) is 20.4. The van der Waals surface area contributed by atoms with E-state index in [0.29, 0.717) is 12.8 Å². The van der Waals surface area contributed by atoms with Crippen LogP contribution in [0, 0.1) is 11.7 Å². The zero-order valence-electron chi connectivity index (χ0n) is 24.4. The number of para-hydroxylation sites is 1. The molecule has 1 aromatic carbocycles. The molecule has 1 aromatic heterocycles. The van der Waals surface area contributed by atoms with Gasteiger partial charge in [0.1, 0.15) is 34.8 Å². The van der Waals surface area contributed by atoms with Gasteiger partial charge in [0.25, 0.3) is 0 Å². The predicted molar refractivity (Wildman–Crippen MR) is 151 cm³/mol. The molecule has 3 aliphatic rings. The summed E-state index contributed by atoms with van der Waals surface area (Å²) in [5.74, 6) is -3.30. The van der Waals surface area contributed by atoms with Gasteiger partial charge in [-0.15, -0.1) is 0 Å². The second kappa shape index (κ2) is 11.8. The molecule has 12 nitrogen and oxygen atoms in total. The average molecular weight is 601 g/mol. The summed E-state index contributed by atoms with van der Waals surface area (Å²) in [6.45, 7) is 5.06. The van der Waals surface area contributed by atoms with E-state index in [9.17, 15) is 28.7 Å². The van der Waals surface area contributed by atoms with Crippen LogP contribution in [0.5, 0.6) is 6.08 Å². The fraction of sp³-hybridized carbons (Fsp3) is 0.567. The van der Waals surface area contributed by atoms with Gasteiger partial charge in [-0.2, -0.15) is 4.98 Å². The number of carboxylic acid groups (broad SMARTS) is 1. The van der Waals surface area contributed by atoms with Gasteiger partial charge in [-0.25, -0.2) is 14.0 Å². The Hall–Kier alpha value is -4.16. The van der Waals surface area contributed by atoms with Crippen molar-refractivity contribution in [2.45, 2.75) is 95.0 Å². The first-order valence-electron chi connectivity index (χ1n) is 14.6. The fourth-order valence-corrected chi connectivity index (χ4v) is 5.68. The topological polar surface area (TPSA) is 160 Å². The molecule has 5 rings (SSSR count). The molecule has 3 heterocycles. The van der Waals surface area contributed by atoms with Crippen LogP contribution in [0.1, 0.15) is 65.7 Å². The number of nitrogens with zero attached hydrogens (tertiary/aromatic N) is 2. The summed E-state index contributed by atoms with van der Waals surface area (Å²) >= 11 is 0. The lowest BCUT2D eigenvalue weighted by Gasteiger charge is -2.30. The third-order valence-electron chi connectivity index (χ3n) is 7.93. The summed E-state index contributed by atoms with van der Waals surface area (Å²) in [5, 5.41) is 15.4. The highest BCUT2D eigenvalue weighted by Crippen LogP contribution is 2.45. The monoisotopic (exact) mass is 600 g/mol. The summed E-state index contributed by atoms with van der Waals surface area (Å²) in [6.07, 6.45) is 5.48. The van der Waals surface area contributed by atoms with E-state index in [1.807, 2.05) is 12.2 Å². The molecule has 0 unspecified atom stereocenters. The van der Waals surface area contributed by atoms with Crippen molar-refractivity contribution in [3.8, 4) is 6.08 Å². The van der Waals surface area contributed by atoms with Crippen molar-refractivity contribution in [1.82, 2.24) is 20.5 Å². The van der Waals surface area contributed by atoms with E-state index in [0.717, 1.165) is 19.3 Å². The van der Waals surface area contributed by atoms with Crippen LogP contribution in [0.15, 0.2) is 34.8 Å². The van der Waals surface area contributed by atoms with Crippen LogP contribution in [-0.4, -0.2) is 74.7 Å². The van der Waals surface area contributed by atoms with Gasteiger partial charge < -0.3 is 34.5 Å². The Balaban J connectivity index is 1.42. The van der Waals surface area contributed by atoms with E-state index < -0.39 is 59.0 Å². The van der Waals surface area contributed by atoms with Gasteiger partial charge in [-0.3, -0.25) is 9.59 Å². The summed E-state index contributed by atoms with van der Waals surface area (Å²) in [4.78, 5) is 58.1. The molecule has 1 saturated carbocycles. The number of allylic oxidation sites excluding steroid dienone is 1. The molecular formula is C30H37FN4O8. The van der Waals surface area contributed by atoms with Crippen LogP contribution in [0.25, 0.3) is 11.1 Å². The number of benzene rings is 1. The quantitative estimate of drug-likeness (QED) is 0.445. The van der Waals surface area contributed by atoms with Gasteiger partial charge in [0, 0.05) is 12.3 Å². The summed E-state index contributed by atoms with van der Waals surface area (Å²) in [7, 11) is 0. The number of hydrogen-bond acceptors (Lipinski definition) is 8. The van der Waals surface area contributed by atoms with Crippen molar-refractivity contribution in [3.63, 3.8) is 0 Å². The van der Waals surface area contributed by atoms with Crippen molar-refractivity contribution >= 4 is 35.0 Å². The summed E-state index contributed by atoms with van der Waals surface area (Å²) in [6, 6.07) is 2.17. The largest absolute Gasteiger partial charge is 0.479 e. The Morgan fingerprint density at radius 3 is 2.74 bits per heavy atom. The Kier molecular flexibility index (Phi) is 8.35. The molecule has 5 atom stereocenters. The number of carbonyl (C=O) groups is 4. The molecule has 1 aliphatic carbocycles. The summed E-state index contributed by atoms with van der Waals surface area (Å²) in [5.41, 5.74) is -2.10. The Morgan fingerprint density at radius 2 is 2.02 bits per heavy atom. The van der Waals surface area contributed by atoms with Gasteiger partial charge >= 0.3 is 18.1 Å². The van der Waals surface area contributed by atoms with Gasteiger partial charge in [0.2, 0.25) is 11.8 Å². The minimum absolute atomic E-state index is 0.00581. The van der Waals surface area contributed by atoms with E-state index in [2.05, 4.69) is 15.6 Å². The number of hydrogen-bond donors (Lipinski definition) is 3. The van der Waals surface area contributed by atoms with Crippen LogP contribution in [0.4, 0.5) is 9.18 Å². The third-order valence-corrected chi connectivity index (χ3v) is 7.93. The Morgan fingerprint density at radius 1 is 1.23 bits per heavy atom. The lowest BCUT2D eigenvalue weighted by Crippen LogP contribution is -2.56. The molecule has 2 aromatic rings. The van der Waals surface area contributed by atoms with E-state index in [1.54, 1.807) is 26.8 Å². The number of nitrogens with one attached hydrogen (secondary N) is 2. The molecule has 3 N–H and O–H groups in total. The van der Waals surface area contributed by atoms with Crippen LogP contribution in [0.3, 0.4) is 0 Å². The van der Waals surface area contributed by atoms with E-state index >= 15 is 0 Å². The van der Waals surface area contributed by atoms with Gasteiger partial charge in [-0.05, 0) is 58.6 Å². The lowest BCUT2D eigenvalue weighted by atomic mass is 10.0. The number of aliphatic carboxylic acids is 1. The Labute approximate surface area is 248 Å².